The largest absolute Gasteiger partial charge is 1.00 e. The average molecular weight is 748 g/mol. The summed E-state index contributed by atoms with van der Waals surface area (Å²) in [6.07, 6.45) is -12.7. The van der Waals surface area contributed by atoms with Crippen molar-refractivity contribution in [1.29, 1.82) is 0 Å². The third-order valence-corrected chi connectivity index (χ3v) is 6.77. The predicted molar refractivity (Wildman–Crippen MR) is 102 cm³/mol. The number of quaternary nitrogens is 1. The topological polar surface area (TPSA) is 37.3 Å². The van der Waals surface area contributed by atoms with Gasteiger partial charge in [0.05, 0.1) is 26.9 Å². The van der Waals surface area contributed by atoms with Gasteiger partial charge in [0.25, 0.3) is 0 Å². The van der Waals surface area contributed by atoms with Crippen LogP contribution in [0.25, 0.3) is 0 Å². The number of hydrogen-bond acceptors (Lipinski definition) is 2. The molecule has 0 bridgehead atoms. The van der Waals surface area contributed by atoms with Crippen LogP contribution in [0.15, 0.2) is 0 Å². The molecule has 0 radical (unpaired) electrons. The lowest BCUT2D eigenvalue weighted by Crippen LogP contribution is -3.00. The molecular formula is C18H19ClF21NO2S. The molecule has 3 nitrogen and oxygen atoms in total. The van der Waals surface area contributed by atoms with E-state index in [0.29, 0.717) is 0 Å². The minimum absolute atomic E-state index is 0. The van der Waals surface area contributed by atoms with E-state index < -0.39 is 94.3 Å². The summed E-state index contributed by atoms with van der Waals surface area (Å²) in [5.41, 5.74) is 0. The van der Waals surface area contributed by atoms with Crippen molar-refractivity contribution in [3.63, 3.8) is 0 Å². The number of hydrogen-bond donors (Lipinski definition) is 1. The van der Waals surface area contributed by atoms with Gasteiger partial charge < -0.3 is 22.0 Å². The van der Waals surface area contributed by atoms with Crippen LogP contribution >= 0.6 is 0 Å². The van der Waals surface area contributed by atoms with Gasteiger partial charge in [-0.1, -0.05) is 0 Å². The zero-order valence-electron chi connectivity index (χ0n) is 21.4. The maximum atomic E-state index is 13.9. The van der Waals surface area contributed by atoms with Gasteiger partial charge in [-0.2, -0.15) is 92.2 Å². The molecule has 44 heavy (non-hydrogen) atoms. The Morgan fingerprint density at radius 3 is 1.09 bits per heavy atom. The first-order chi connectivity index (χ1) is 18.2. The Morgan fingerprint density at radius 1 is 0.545 bits per heavy atom. The molecule has 0 aliphatic heterocycles. The normalized spacial score (nSPS) is 17.3. The van der Waals surface area contributed by atoms with Crippen LogP contribution in [0.4, 0.5) is 92.2 Å². The van der Waals surface area contributed by atoms with Gasteiger partial charge in [-0.3, -0.25) is 4.21 Å². The summed E-state index contributed by atoms with van der Waals surface area (Å²) in [6.45, 7) is -0.315. The second kappa shape index (κ2) is 12.5. The highest BCUT2D eigenvalue weighted by Gasteiger charge is 2.97. The van der Waals surface area contributed by atoms with E-state index in [1.54, 1.807) is 0 Å². The van der Waals surface area contributed by atoms with Crippen molar-refractivity contribution in [2.75, 3.05) is 39.2 Å². The van der Waals surface area contributed by atoms with Crippen molar-refractivity contribution in [3.8, 4) is 0 Å². The summed E-state index contributed by atoms with van der Waals surface area (Å²) in [6, 6.07) is 0. The standard InChI is InChI=1S/C18H19F21NO2S.ClH/c1-40(2,3)6-8(41)7-43(42)5-4-9(19,20)10(21,22)11(23,24)12(25,26)13(27,28)14(29,30)15(31,32)16(33,34)17(35,36)18(37,38)39;/h8,41H,4-7H2,1-3H3;1H/q+1;/p-1. The molecule has 0 amide bonds. The lowest BCUT2D eigenvalue weighted by atomic mass is 9.86. The van der Waals surface area contributed by atoms with Crippen molar-refractivity contribution in [2.24, 2.45) is 0 Å². The molecule has 0 spiro atoms. The zero-order valence-corrected chi connectivity index (χ0v) is 23.0. The van der Waals surface area contributed by atoms with Crippen molar-refractivity contribution in [2.45, 2.75) is 72.0 Å². The van der Waals surface area contributed by atoms with Crippen molar-refractivity contribution in [1.82, 2.24) is 0 Å². The number of nitrogens with zero attached hydrogens (tertiary/aromatic N) is 1. The highest BCUT2D eigenvalue weighted by atomic mass is 35.5. The van der Waals surface area contributed by atoms with Crippen LogP contribution in [-0.4, -0.2) is 119 Å². The highest BCUT2D eigenvalue weighted by molar-refractivity contribution is 7.85. The van der Waals surface area contributed by atoms with Gasteiger partial charge in [0.2, 0.25) is 0 Å². The van der Waals surface area contributed by atoms with Crippen LogP contribution in [0, 0.1) is 0 Å². The summed E-state index contributed by atoms with van der Waals surface area (Å²) in [5.74, 6) is -80.5. The van der Waals surface area contributed by atoms with Crippen LogP contribution in [-0.2, 0) is 10.8 Å². The Hall–Kier alpha value is -1.11. The molecule has 0 aromatic carbocycles. The smallest absolute Gasteiger partial charge is 0.460 e. The fourth-order valence-corrected chi connectivity index (χ4v) is 4.16. The van der Waals surface area contributed by atoms with E-state index in [1.807, 2.05) is 0 Å². The third-order valence-electron chi connectivity index (χ3n) is 5.36. The number of alkyl halides is 21. The molecule has 0 fully saturated rings. The molecule has 0 aliphatic carbocycles. The molecular weight excluding hydrogens is 729 g/mol. The van der Waals surface area contributed by atoms with E-state index in [4.69, 9.17) is 0 Å². The van der Waals surface area contributed by atoms with Crippen LogP contribution in [0.2, 0.25) is 0 Å². The van der Waals surface area contributed by atoms with Crippen molar-refractivity contribution in [3.05, 3.63) is 0 Å². The summed E-state index contributed by atoms with van der Waals surface area (Å²) < 4.78 is 292. The van der Waals surface area contributed by atoms with E-state index in [2.05, 4.69) is 0 Å². The van der Waals surface area contributed by atoms with Gasteiger partial charge >= 0.3 is 59.5 Å². The van der Waals surface area contributed by atoms with Crippen LogP contribution < -0.4 is 12.4 Å². The molecule has 2 unspecified atom stereocenters. The second-order valence-corrected chi connectivity index (χ2v) is 11.6. The SMILES string of the molecule is C[N+](C)(C)CC(O)CS(=O)CCC(F)(F)C(F)(F)C(F)(F)C(F)(F)C(F)(F)C(F)(F)C(F)(F)C(F)(F)C(F)(F)C(F)(F)F.[Cl-]. The first-order valence-electron chi connectivity index (χ1n) is 10.5. The molecule has 0 saturated carbocycles. The quantitative estimate of drug-likeness (QED) is 0.206. The van der Waals surface area contributed by atoms with Gasteiger partial charge in [-0.05, 0) is 0 Å². The molecule has 0 aromatic rings. The van der Waals surface area contributed by atoms with Crippen molar-refractivity contribution < 1.29 is 118 Å². The lowest BCUT2D eigenvalue weighted by Gasteiger charge is -2.44. The summed E-state index contributed by atoms with van der Waals surface area (Å²) in [7, 11) is 1.31. The number of halogens is 22. The number of aliphatic hydroxyl groups is 1. The monoisotopic (exact) mass is 747 g/mol. The van der Waals surface area contributed by atoms with Crippen LogP contribution in [0.5, 0.6) is 0 Å². The average Bonchev–Trinajstić information content (AvgIpc) is 2.74. The molecule has 0 aromatic heterocycles. The Labute approximate surface area is 241 Å². The van der Waals surface area contributed by atoms with E-state index in [-0.39, 0.29) is 23.4 Å². The van der Waals surface area contributed by atoms with Gasteiger partial charge in [-0.15, -0.1) is 0 Å². The molecule has 1 N–H and O–H groups in total. The first-order valence-corrected chi connectivity index (χ1v) is 12.0. The molecule has 26 heteroatoms. The Morgan fingerprint density at radius 2 is 0.818 bits per heavy atom. The Kier molecular flexibility index (Phi) is 12.8. The maximum absolute atomic E-state index is 13.9. The number of likely N-dealkylation sites (N-methyl/N-ethyl adjacent to an activating group) is 1. The number of aliphatic hydroxyl groups excluding tert-OH is 1. The predicted octanol–water partition coefficient (Wildman–Crippen LogP) is 3.48. The van der Waals surface area contributed by atoms with Crippen LogP contribution in [0.1, 0.15) is 6.42 Å². The van der Waals surface area contributed by atoms with Gasteiger partial charge in [0, 0.05) is 23.0 Å². The Bertz CT molecular complexity index is 1010. The fourth-order valence-electron chi connectivity index (χ4n) is 2.97. The van der Waals surface area contributed by atoms with E-state index >= 15 is 0 Å². The van der Waals surface area contributed by atoms with Gasteiger partial charge in [0.15, 0.2) is 0 Å². The van der Waals surface area contributed by atoms with Crippen LogP contribution in [0.3, 0.4) is 0 Å². The molecule has 0 rings (SSSR count). The minimum atomic E-state index is -9.22. The summed E-state index contributed by atoms with van der Waals surface area (Å²) in [5, 5.41) is 9.62. The third kappa shape index (κ3) is 7.23. The van der Waals surface area contributed by atoms with E-state index in [0.717, 1.165) is 0 Å². The van der Waals surface area contributed by atoms with Crippen molar-refractivity contribution >= 4 is 10.8 Å². The fraction of sp³-hybridized carbons (Fsp3) is 1.00. The zero-order chi connectivity index (χ0) is 35.5. The van der Waals surface area contributed by atoms with E-state index in [1.165, 1.54) is 21.1 Å². The first kappa shape index (κ1) is 45.0. The summed E-state index contributed by atoms with van der Waals surface area (Å²) in [4.78, 5) is 0. The summed E-state index contributed by atoms with van der Waals surface area (Å²) >= 11 is 0. The Balaban J connectivity index is 0. The number of rotatable bonds is 15. The lowest BCUT2D eigenvalue weighted by molar-refractivity contribution is -0.873. The van der Waals surface area contributed by atoms with Gasteiger partial charge in [-0.25, -0.2) is 0 Å². The molecule has 0 heterocycles. The van der Waals surface area contributed by atoms with Gasteiger partial charge in [0.1, 0.15) is 12.6 Å². The molecule has 2 atom stereocenters. The minimum Gasteiger partial charge on any atom is -1.00 e. The molecule has 268 valence electrons. The second-order valence-electron chi connectivity index (χ2n) is 9.98. The highest BCUT2D eigenvalue weighted by Crippen LogP contribution is 2.66. The molecule has 0 aliphatic rings. The van der Waals surface area contributed by atoms with E-state index in [9.17, 15) is 102 Å². The maximum Gasteiger partial charge on any atom is 0.460 e. The molecule has 0 saturated heterocycles.